The van der Waals surface area contributed by atoms with Gasteiger partial charge in [0, 0.05) is 17.9 Å². The number of halogens is 3. The van der Waals surface area contributed by atoms with Crippen LogP contribution in [0.3, 0.4) is 0 Å². The van der Waals surface area contributed by atoms with E-state index in [4.69, 9.17) is 5.73 Å². The Kier molecular flexibility index (Phi) is 5.93. The lowest BCUT2D eigenvalue weighted by Crippen LogP contribution is -2.23. The summed E-state index contributed by atoms with van der Waals surface area (Å²) in [4.78, 5) is 0. The quantitative estimate of drug-likeness (QED) is 0.529. The molecule has 0 aliphatic heterocycles. The van der Waals surface area contributed by atoms with Crippen LogP contribution in [0, 0.1) is 5.41 Å². The zero-order valence-corrected chi connectivity index (χ0v) is 13.0. The van der Waals surface area contributed by atoms with Crippen molar-refractivity contribution >= 4 is 11.4 Å². The van der Waals surface area contributed by atoms with Crippen molar-refractivity contribution in [3.63, 3.8) is 0 Å². The highest BCUT2D eigenvalue weighted by Gasteiger charge is 2.33. The number of rotatable bonds is 7. The molecule has 1 aromatic rings. The molecule has 0 aliphatic carbocycles. The van der Waals surface area contributed by atoms with E-state index in [0.29, 0.717) is 12.2 Å². The Labute approximate surface area is 124 Å². The SMILES string of the molecule is CCCCCC(C)(C)CNc1ccc(N)c(C(F)(F)F)c1. The van der Waals surface area contributed by atoms with Gasteiger partial charge in [0.25, 0.3) is 0 Å². The van der Waals surface area contributed by atoms with Crippen molar-refractivity contribution < 1.29 is 13.2 Å². The predicted octanol–water partition coefficient (Wildman–Crippen LogP) is 5.31. The normalized spacial score (nSPS) is 12.5. The first-order valence-corrected chi connectivity index (χ1v) is 7.36. The molecule has 0 unspecified atom stereocenters. The molecule has 0 amide bonds. The number of alkyl halides is 3. The Morgan fingerprint density at radius 3 is 2.38 bits per heavy atom. The van der Waals surface area contributed by atoms with Crippen molar-refractivity contribution in [3.8, 4) is 0 Å². The van der Waals surface area contributed by atoms with E-state index < -0.39 is 11.7 Å². The van der Waals surface area contributed by atoms with Gasteiger partial charge in [-0.3, -0.25) is 0 Å². The van der Waals surface area contributed by atoms with Gasteiger partial charge in [0.05, 0.1) is 5.56 Å². The van der Waals surface area contributed by atoms with Gasteiger partial charge in [0.15, 0.2) is 0 Å². The topological polar surface area (TPSA) is 38.0 Å². The number of nitrogens with one attached hydrogen (secondary N) is 1. The Balaban J connectivity index is 2.67. The van der Waals surface area contributed by atoms with E-state index in [0.717, 1.165) is 25.3 Å². The van der Waals surface area contributed by atoms with Gasteiger partial charge in [-0.2, -0.15) is 13.2 Å². The second-order valence-corrected chi connectivity index (χ2v) is 6.27. The lowest BCUT2D eigenvalue weighted by Gasteiger charge is -2.26. The number of nitrogen functional groups attached to an aromatic ring is 1. The summed E-state index contributed by atoms with van der Waals surface area (Å²) in [6.07, 6.45) is 0.119. The molecule has 5 heteroatoms. The van der Waals surface area contributed by atoms with Gasteiger partial charge in [-0.1, -0.05) is 40.0 Å². The number of benzene rings is 1. The van der Waals surface area contributed by atoms with Crippen LogP contribution in [0.1, 0.15) is 52.0 Å². The van der Waals surface area contributed by atoms with E-state index in [1.54, 1.807) is 6.07 Å². The molecule has 0 aliphatic rings. The zero-order chi connectivity index (χ0) is 16.1. The minimum Gasteiger partial charge on any atom is -0.398 e. The summed E-state index contributed by atoms with van der Waals surface area (Å²) in [6, 6.07) is 3.97. The van der Waals surface area contributed by atoms with Crippen LogP contribution in [0.4, 0.5) is 24.5 Å². The van der Waals surface area contributed by atoms with Crippen molar-refractivity contribution in [2.75, 3.05) is 17.6 Å². The summed E-state index contributed by atoms with van der Waals surface area (Å²) >= 11 is 0. The summed E-state index contributed by atoms with van der Waals surface area (Å²) in [7, 11) is 0. The molecule has 1 aromatic carbocycles. The van der Waals surface area contributed by atoms with E-state index in [1.807, 2.05) is 0 Å². The first kappa shape index (κ1) is 17.7. The van der Waals surface area contributed by atoms with Crippen LogP contribution in [0.25, 0.3) is 0 Å². The lowest BCUT2D eigenvalue weighted by atomic mass is 9.87. The molecule has 0 atom stereocenters. The maximum absolute atomic E-state index is 12.8. The summed E-state index contributed by atoms with van der Waals surface area (Å²) < 4.78 is 38.4. The Morgan fingerprint density at radius 1 is 1.14 bits per heavy atom. The monoisotopic (exact) mass is 302 g/mol. The zero-order valence-electron chi connectivity index (χ0n) is 13.0. The summed E-state index contributed by atoms with van der Waals surface area (Å²) in [5, 5.41) is 3.10. The largest absolute Gasteiger partial charge is 0.418 e. The summed E-state index contributed by atoms with van der Waals surface area (Å²) in [6.45, 7) is 7.03. The van der Waals surface area contributed by atoms with Crippen molar-refractivity contribution in [3.05, 3.63) is 23.8 Å². The molecule has 2 nitrogen and oxygen atoms in total. The molecule has 0 aromatic heterocycles. The fourth-order valence-corrected chi connectivity index (χ4v) is 2.20. The molecule has 0 spiro atoms. The fraction of sp³-hybridized carbons (Fsp3) is 0.625. The van der Waals surface area contributed by atoms with Crippen LogP contribution < -0.4 is 11.1 Å². The highest BCUT2D eigenvalue weighted by molar-refractivity contribution is 5.58. The molecule has 0 bridgehead atoms. The lowest BCUT2D eigenvalue weighted by molar-refractivity contribution is -0.136. The molecule has 21 heavy (non-hydrogen) atoms. The first-order valence-electron chi connectivity index (χ1n) is 7.36. The maximum Gasteiger partial charge on any atom is 0.418 e. The molecule has 0 heterocycles. The number of unbranched alkanes of at least 4 members (excludes halogenated alkanes) is 2. The highest BCUT2D eigenvalue weighted by Crippen LogP contribution is 2.35. The van der Waals surface area contributed by atoms with Gasteiger partial charge in [-0.25, -0.2) is 0 Å². The van der Waals surface area contributed by atoms with Gasteiger partial charge in [0.2, 0.25) is 0 Å². The van der Waals surface area contributed by atoms with E-state index in [1.165, 1.54) is 12.5 Å². The maximum atomic E-state index is 12.8. The number of hydrogen-bond donors (Lipinski definition) is 2. The molecule has 120 valence electrons. The van der Waals surface area contributed by atoms with E-state index in [2.05, 4.69) is 26.1 Å². The third-order valence-corrected chi connectivity index (χ3v) is 3.59. The van der Waals surface area contributed by atoms with Crippen molar-refractivity contribution in [1.29, 1.82) is 0 Å². The second kappa shape index (κ2) is 7.05. The molecule has 1 rings (SSSR count). The van der Waals surface area contributed by atoms with Gasteiger partial charge in [-0.05, 0) is 30.0 Å². The van der Waals surface area contributed by atoms with Crippen molar-refractivity contribution in [2.24, 2.45) is 5.41 Å². The van der Waals surface area contributed by atoms with Crippen LogP contribution in [-0.4, -0.2) is 6.54 Å². The average molecular weight is 302 g/mol. The molecule has 0 saturated carbocycles. The van der Waals surface area contributed by atoms with Crippen LogP contribution in [0.5, 0.6) is 0 Å². The first-order chi connectivity index (χ1) is 9.65. The van der Waals surface area contributed by atoms with Crippen LogP contribution in [0.2, 0.25) is 0 Å². The number of nitrogens with two attached hydrogens (primary N) is 1. The smallest absolute Gasteiger partial charge is 0.398 e. The minimum absolute atomic E-state index is 0.0505. The van der Waals surface area contributed by atoms with Gasteiger partial charge >= 0.3 is 6.18 Å². The number of anilines is 2. The third kappa shape index (κ3) is 5.86. The van der Waals surface area contributed by atoms with Gasteiger partial charge < -0.3 is 11.1 Å². The third-order valence-electron chi connectivity index (χ3n) is 3.59. The molecular formula is C16H25F3N2. The van der Waals surface area contributed by atoms with Gasteiger partial charge in [0.1, 0.15) is 0 Å². The standard InChI is InChI=1S/C16H25F3N2/c1-4-5-6-9-15(2,3)11-21-12-7-8-14(20)13(10-12)16(17,18)19/h7-8,10,21H,4-6,9,11,20H2,1-3H3. The molecule has 0 saturated heterocycles. The van der Waals surface area contributed by atoms with E-state index >= 15 is 0 Å². The Hall–Kier alpha value is -1.39. The molecule has 0 radical (unpaired) electrons. The summed E-state index contributed by atoms with van der Waals surface area (Å²) in [5.74, 6) is 0. The van der Waals surface area contributed by atoms with Crippen LogP contribution in [-0.2, 0) is 6.18 Å². The molecular weight excluding hydrogens is 277 g/mol. The van der Waals surface area contributed by atoms with E-state index in [9.17, 15) is 13.2 Å². The predicted molar refractivity (Wildman–Crippen MR) is 82.3 cm³/mol. The fourth-order valence-electron chi connectivity index (χ4n) is 2.20. The minimum atomic E-state index is -4.42. The van der Waals surface area contributed by atoms with Crippen LogP contribution >= 0.6 is 0 Å². The van der Waals surface area contributed by atoms with Crippen molar-refractivity contribution in [1.82, 2.24) is 0 Å². The summed E-state index contributed by atoms with van der Waals surface area (Å²) in [5.41, 5.74) is 4.88. The van der Waals surface area contributed by atoms with Gasteiger partial charge in [-0.15, -0.1) is 0 Å². The molecule has 0 fully saturated rings. The van der Waals surface area contributed by atoms with Crippen LogP contribution in [0.15, 0.2) is 18.2 Å². The Morgan fingerprint density at radius 2 is 1.81 bits per heavy atom. The van der Waals surface area contributed by atoms with E-state index in [-0.39, 0.29) is 11.1 Å². The second-order valence-electron chi connectivity index (χ2n) is 6.27. The number of hydrogen-bond acceptors (Lipinski definition) is 2. The molecule has 3 N–H and O–H groups in total. The van der Waals surface area contributed by atoms with Crippen molar-refractivity contribution in [2.45, 2.75) is 52.6 Å². The highest BCUT2D eigenvalue weighted by atomic mass is 19.4. The Bertz CT molecular complexity index is 453. The average Bonchev–Trinajstić information content (AvgIpc) is 2.36.